The van der Waals surface area contributed by atoms with Crippen LogP contribution in [0.15, 0.2) is 36.4 Å². The molecule has 1 aromatic carbocycles. The van der Waals surface area contributed by atoms with Gasteiger partial charge in [0.05, 0.1) is 5.52 Å². The minimum atomic E-state index is 0.119. The van der Waals surface area contributed by atoms with Crippen LogP contribution >= 0.6 is 0 Å². The summed E-state index contributed by atoms with van der Waals surface area (Å²) in [6, 6.07) is 13.1. The van der Waals surface area contributed by atoms with Gasteiger partial charge in [0.1, 0.15) is 5.69 Å². The summed E-state index contributed by atoms with van der Waals surface area (Å²) < 4.78 is 0. The summed E-state index contributed by atoms with van der Waals surface area (Å²) >= 11 is 0. The number of rotatable bonds is 1. The molecule has 4 heteroatoms. The number of pyridine rings is 1. The van der Waals surface area contributed by atoms with Crippen LogP contribution in [0.1, 0.15) is 49.5 Å². The second-order valence-electron chi connectivity index (χ2n) is 8.23. The number of fused-ring (bicyclic) bond motifs is 2. The summed E-state index contributed by atoms with van der Waals surface area (Å²) in [5.41, 5.74) is 1.71. The number of carbonyl (C=O) groups excluding carboxylic acids is 1. The van der Waals surface area contributed by atoms with Gasteiger partial charge in [-0.1, -0.05) is 44.0 Å². The van der Waals surface area contributed by atoms with Crippen LogP contribution in [-0.4, -0.2) is 40.5 Å². The average Bonchev–Trinajstić information content (AvgIpc) is 2.75. The van der Waals surface area contributed by atoms with E-state index in [0.717, 1.165) is 30.3 Å². The highest BCUT2D eigenvalue weighted by atomic mass is 16.2. The molecule has 130 valence electrons. The Morgan fingerprint density at radius 1 is 1.20 bits per heavy atom. The summed E-state index contributed by atoms with van der Waals surface area (Å²) in [4.78, 5) is 20.3. The largest absolute Gasteiger partial charge is 0.329 e. The Balaban J connectivity index is 1.54. The van der Waals surface area contributed by atoms with Crippen LogP contribution in [0, 0.1) is 5.41 Å². The first-order valence-corrected chi connectivity index (χ1v) is 9.59. The molecule has 1 amide bonds. The van der Waals surface area contributed by atoms with Gasteiger partial charge in [-0.05, 0) is 31.4 Å². The molecule has 5 rings (SSSR count). The number of piperidine rings is 1. The van der Waals surface area contributed by atoms with Crippen molar-refractivity contribution in [1.29, 1.82) is 0 Å². The highest BCUT2D eigenvalue weighted by Crippen LogP contribution is 2.50. The normalized spacial score (nSPS) is 34.1. The third-order valence-electron chi connectivity index (χ3n) is 6.83. The van der Waals surface area contributed by atoms with Gasteiger partial charge in [0, 0.05) is 35.5 Å². The highest BCUT2D eigenvalue weighted by Gasteiger charge is 2.57. The predicted molar refractivity (Wildman–Crippen MR) is 98.5 cm³/mol. The molecule has 2 bridgehead atoms. The number of aromatic nitrogens is 1. The molecule has 2 aliphatic heterocycles. The number of nitrogens with one attached hydrogen (secondary N) is 1. The van der Waals surface area contributed by atoms with Crippen LogP contribution in [0.25, 0.3) is 10.9 Å². The van der Waals surface area contributed by atoms with Gasteiger partial charge < -0.3 is 10.2 Å². The molecule has 3 aliphatic rings. The lowest BCUT2D eigenvalue weighted by Crippen LogP contribution is -2.51. The third-order valence-corrected chi connectivity index (χ3v) is 6.83. The van der Waals surface area contributed by atoms with Crippen molar-refractivity contribution < 1.29 is 4.79 Å². The number of benzene rings is 1. The number of carbonyl (C=O) groups is 1. The van der Waals surface area contributed by atoms with Crippen LogP contribution in [0.4, 0.5) is 0 Å². The van der Waals surface area contributed by atoms with Gasteiger partial charge in [-0.3, -0.25) is 4.79 Å². The summed E-state index contributed by atoms with van der Waals surface area (Å²) in [6.07, 6.45) is 6.00. The van der Waals surface area contributed by atoms with Crippen molar-refractivity contribution in [2.24, 2.45) is 5.41 Å². The zero-order valence-corrected chi connectivity index (χ0v) is 14.7. The Morgan fingerprint density at radius 2 is 2.04 bits per heavy atom. The summed E-state index contributed by atoms with van der Waals surface area (Å²) in [7, 11) is 0. The second-order valence-corrected chi connectivity index (χ2v) is 8.23. The first kappa shape index (κ1) is 15.3. The van der Waals surface area contributed by atoms with Gasteiger partial charge in [-0.15, -0.1) is 0 Å². The van der Waals surface area contributed by atoms with Crippen LogP contribution in [0.2, 0.25) is 0 Å². The van der Waals surface area contributed by atoms with E-state index in [4.69, 9.17) is 0 Å². The van der Waals surface area contributed by atoms with E-state index < -0.39 is 0 Å². The molecule has 4 nitrogen and oxygen atoms in total. The van der Waals surface area contributed by atoms with Crippen molar-refractivity contribution in [3.63, 3.8) is 0 Å². The minimum absolute atomic E-state index is 0.119. The molecule has 1 N–H and O–H groups in total. The predicted octanol–water partition coefficient (Wildman–Crippen LogP) is 3.37. The fourth-order valence-corrected chi connectivity index (χ4v) is 5.58. The average molecular weight is 335 g/mol. The number of nitrogens with zero attached hydrogens (tertiary/aromatic N) is 2. The molecule has 2 aromatic rings. The van der Waals surface area contributed by atoms with E-state index in [9.17, 15) is 4.79 Å². The molecule has 4 atom stereocenters. The zero-order valence-electron chi connectivity index (χ0n) is 14.7. The van der Waals surface area contributed by atoms with Gasteiger partial charge >= 0.3 is 0 Å². The lowest BCUT2D eigenvalue weighted by atomic mass is 9.72. The summed E-state index contributed by atoms with van der Waals surface area (Å²) in [5.74, 6) is 0.119. The van der Waals surface area contributed by atoms with Crippen molar-refractivity contribution in [2.45, 2.75) is 57.2 Å². The van der Waals surface area contributed by atoms with Gasteiger partial charge in [0.25, 0.3) is 5.91 Å². The molecule has 0 radical (unpaired) electrons. The zero-order chi connectivity index (χ0) is 17.0. The molecule has 0 spiro atoms. The minimum Gasteiger partial charge on any atom is -0.329 e. The molecule has 1 aliphatic carbocycles. The molecule has 1 aromatic heterocycles. The maximum Gasteiger partial charge on any atom is 0.273 e. The van der Waals surface area contributed by atoms with Crippen molar-refractivity contribution in [1.82, 2.24) is 15.2 Å². The molecule has 0 unspecified atom stereocenters. The molecule has 3 fully saturated rings. The Morgan fingerprint density at radius 3 is 2.96 bits per heavy atom. The second kappa shape index (κ2) is 5.53. The first-order chi connectivity index (χ1) is 12.2. The Labute approximate surface area is 148 Å². The van der Waals surface area contributed by atoms with Crippen molar-refractivity contribution >= 4 is 16.8 Å². The number of amides is 1. The lowest BCUT2D eigenvalue weighted by Gasteiger charge is -2.39. The van der Waals surface area contributed by atoms with Crippen LogP contribution in [0.5, 0.6) is 0 Å². The van der Waals surface area contributed by atoms with Gasteiger partial charge in [0.2, 0.25) is 0 Å². The summed E-state index contributed by atoms with van der Waals surface area (Å²) in [5, 5.41) is 4.83. The van der Waals surface area contributed by atoms with Crippen LogP contribution < -0.4 is 5.32 Å². The van der Waals surface area contributed by atoms with Crippen molar-refractivity contribution in [3.05, 3.63) is 42.1 Å². The number of hydrogen-bond donors (Lipinski definition) is 1. The lowest BCUT2D eigenvalue weighted by molar-refractivity contribution is 0.0623. The molecule has 1 saturated carbocycles. The Hall–Kier alpha value is -1.94. The molecule has 25 heavy (non-hydrogen) atoms. The number of likely N-dealkylation sites (tertiary alicyclic amines) is 1. The molecule has 3 heterocycles. The number of hydrogen-bond acceptors (Lipinski definition) is 3. The van der Waals surface area contributed by atoms with Gasteiger partial charge in [0.15, 0.2) is 0 Å². The maximum absolute atomic E-state index is 13.4. The number of para-hydroxylation sites is 1. The smallest absolute Gasteiger partial charge is 0.273 e. The molecular formula is C21H25N3O. The fraction of sp³-hybridized carbons (Fsp3) is 0.524. The van der Waals surface area contributed by atoms with E-state index in [1.54, 1.807) is 0 Å². The van der Waals surface area contributed by atoms with E-state index in [-0.39, 0.29) is 11.3 Å². The fourth-order valence-electron chi connectivity index (χ4n) is 5.58. The van der Waals surface area contributed by atoms with Crippen molar-refractivity contribution in [3.8, 4) is 0 Å². The van der Waals surface area contributed by atoms with E-state index >= 15 is 0 Å². The van der Waals surface area contributed by atoms with Gasteiger partial charge in [-0.25, -0.2) is 4.98 Å². The van der Waals surface area contributed by atoms with Gasteiger partial charge in [-0.2, -0.15) is 0 Å². The van der Waals surface area contributed by atoms with E-state index in [1.165, 1.54) is 19.3 Å². The molecule has 2 saturated heterocycles. The third kappa shape index (κ3) is 2.23. The maximum atomic E-state index is 13.4. The standard InChI is InChI=1S/C21H25N3O/c1-21-12-15-13-22-18(21)8-4-5-9-19(21)24(15)20(25)17-11-10-14-6-2-3-7-16(14)23-17/h2-3,6-7,10-11,15,18-19,22H,4-5,8-9,12-13H2,1H3/t15-,18+,19-,21+/m0/s1. The first-order valence-electron chi connectivity index (χ1n) is 9.59. The molecular weight excluding hydrogens is 310 g/mol. The topological polar surface area (TPSA) is 45.2 Å². The monoisotopic (exact) mass is 335 g/mol. The quantitative estimate of drug-likeness (QED) is 0.869. The van der Waals surface area contributed by atoms with E-state index in [0.29, 0.717) is 23.8 Å². The Bertz CT molecular complexity index is 835. The van der Waals surface area contributed by atoms with E-state index in [2.05, 4.69) is 22.1 Å². The van der Waals surface area contributed by atoms with Crippen LogP contribution in [0.3, 0.4) is 0 Å². The SMILES string of the molecule is C[C@@]12C[C@H]3CN[C@@H]1CCCC[C@@H]2N3C(=O)c1ccc2ccccc2n1. The van der Waals surface area contributed by atoms with Crippen LogP contribution in [-0.2, 0) is 0 Å². The highest BCUT2D eigenvalue weighted by molar-refractivity contribution is 5.95. The van der Waals surface area contributed by atoms with E-state index in [1.807, 2.05) is 36.4 Å². The summed E-state index contributed by atoms with van der Waals surface area (Å²) in [6.45, 7) is 3.32. The van der Waals surface area contributed by atoms with Crippen molar-refractivity contribution in [2.75, 3.05) is 6.54 Å². The Kier molecular flexibility index (Phi) is 3.39.